The molecule has 41 heavy (non-hydrogen) atoms. The predicted molar refractivity (Wildman–Crippen MR) is 152 cm³/mol. The maximum absolute atomic E-state index is 10.4. The molecule has 0 atom stereocenters. The molecule has 0 fully saturated rings. The number of phenols is 1. The molecule has 2 heterocycles. The zero-order chi connectivity index (χ0) is 28.4. The van der Waals surface area contributed by atoms with Crippen molar-refractivity contribution >= 4 is 22.7 Å². The van der Waals surface area contributed by atoms with E-state index in [2.05, 4.69) is 27.8 Å². The Balaban J connectivity index is 0.00000387. The number of halogens is 1. The SMILES string of the molecule is COc1ccc(C[n+]2ccc3c4c(cc(OC)c(OC)c42)C=CN3Cc2cc(OC)c(OC)c(OC)c2)cc1O.[Br-]. The first kappa shape index (κ1) is 29.7. The number of rotatable bonds is 10. The van der Waals surface area contributed by atoms with E-state index in [9.17, 15) is 5.11 Å². The fourth-order valence-electron chi connectivity index (χ4n) is 5.20. The summed E-state index contributed by atoms with van der Waals surface area (Å²) in [7, 11) is 9.62. The molecule has 4 aromatic rings. The van der Waals surface area contributed by atoms with Crippen LogP contribution < -0.4 is 54.9 Å². The van der Waals surface area contributed by atoms with Crippen molar-refractivity contribution in [2.24, 2.45) is 0 Å². The third-order valence-electron chi connectivity index (χ3n) is 7.05. The second-order valence-corrected chi connectivity index (χ2v) is 9.24. The van der Waals surface area contributed by atoms with Crippen LogP contribution >= 0.6 is 0 Å². The summed E-state index contributed by atoms with van der Waals surface area (Å²) in [6.45, 7) is 1.06. The van der Waals surface area contributed by atoms with Crippen LogP contribution in [0.15, 0.2) is 54.9 Å². The smallest absolute Gasteiger partial charge is 0.261 e. The molecule has 0 amide bonds. The van der Waals surface area contributed by atoms with Crippen molar-refractivity contribution in [1.29, 1.82) is 0 Å². The van der Waals surface area contributed by atoms with Crippen molar-refractivity contribution in [1.82, 2.24) is 0 Å². The maximum atomic E-state index is 10.4. The van der Waals surface area contributed by atoms with Crippen molar-refractivity contribution in [2.75, 3.05) is 47.6 Å². The fraction of sp³-hybridized carbons (Fsp3) is 0.258. The van der Waals surface area contributed by atoms with Gasteiger partial charge in [-0.2, -0.15) is 4.57 Å². The number of anilines is 1. The van der Waals surface area contributed by atoms with Gasteiger partial charge in [0.2, 0.25) is 11.5 Å². The number of pyridine rings is 1. The van der Waals surface area contributed by atoms with E-state index in [0.717, 1.165) is 33.3 Å². The van der Waals surface area contributed by atoms with Gasteiger partial charge >= 0.3 is 0 Å². The first-order valence-corrected chi connectivity index (χ1v) is 12.7. The molecule has 0 unspecified atom stereocenters. The van der Waals surface area contributed by atoms with Gasteiger partial charge in [-0.15, -0.1) is 0 Å². The van der Waals surface area contributed by atoms with Crippen LogP contribution in [0, 0.1) is 0 Å². The highest BCUT2D eigenvalue weighted by molar-refractivity contribution is 6.03. The van der Waals surface area contributed by atoms with Crippen LogP contribution in [0.2, 0.25) is 0 Å². The number of aromatic hydroxyl groups is 1. The number of hydrogen-bond donors (Lipinski definition) is 1. The van der Waals surface area contributed by atoms with Gasteiger partial charge in [-0.25, -0.2) is 0 Å². The van der Waals surface area contributed by atoms with E-state index in [0.29, 0.717) is 47.6 Å². The molecule has 0 aliphatic carbocycles. The van der Waals surface area contributed by atoms with Gasteiger partial charge in [-0.1, -0.05) is 0 Å². The van der Waals surface area contributed by atoms with Crippen molar-refractivity contribution in [3.8, 4) is 40.2 Å². The Labute approximate surface area is 249 Å². The van der Waals surface area contributed by atoms with Gasteiger partial charge in [0, 0.05) is 24.4 Å². The molecule has 5 rings (SSSR count). The minimum atomic E-state index is 0. The van der Waals surface area contributed by atoms with E-state index in [1.165, 1.54) is 7.11 Å². The first-order valence-electron chi connectivity index (χ1n) is 12.7. The molecular weight excluding hydrogens is 592 g/mol. The van der Waals surface area contributed by atoms with E-state index in [-0.39, 0.29) is 22.7 Å². The zero-order valence-electron chi connectivity index (χ0n) is 23.9. The van der Waals surface area contributed by atoms with Crippen molar-refractivity contribution in [3.05, 3.63) is 71.6 Å². The average Bonchev–Trinajstić information content (AvgIpc) is 2.98. The Hall–Kier alpha value is -4.31. The average molecular weight is 626 g/mol. The second-order valence-electron chi connectivity index (χ2n) is 9.24. The number of methoxy groups -OCH3 is 6. The predicted octanol–water partition coefficient (Wildman–Crippen LogP) is 1.93. The highest BCUT2D eigenvalue weighted by Gasteiger charge is 2.29. The minimum Gasteiger partial charge on any atom is -1.00 e. The summed E-state index contributed by atoms with van der Waals surface area (Å²) in [5.74, 6) is 3.54. The summed E-state index contributed by atoms with van der Waals surface area (Å²) < 4.78 is 35.6. The lowest BCUT2D eigenvalue weighted by atomic mass is 10.00. The normalized spacial score (nSPS) is 11.6. The van der Waals surface area contributed by atoms with Gasteiger partial charge in [-0.05, 0) is 53.6 Å². The Morgan fingerprint density at radius 1 is 0.707 bits per heavy atom. The summed E-state index contributed by atoms with van der Waals surface area (Å²) in [4.78, 5) is 2.17. The monoisotopic (exact) mass is 624 g/mol. The van der Waals surface area contributed by atoms with Gasteiger partial charge in [0.1, 0.15) is 0 Å². The van der Waals surface area contributed by atoms with Crippen LogP contribution in [0.25, 0.3) is 17.0 Å². The minimum absolute atomic E-state index is 0. The number of aromatic nitrogens is 1. The molecule has 1 N–H and O–H groups in total. The highest BCUT2D eigenvalue weighted by atomic mass is 79.9. The molecule has 0 saturated heterocycles. The summed E-state index contributed by atoms with van der Waals surface area (Å²) in [5.41, 5.74) is 4.79. The summed E-state index contributed by atoms with van der Waals surface area (Å²) in [6, 6.07) is 13.4. The molecule has 1 aliphatic heterocycles. The first-order chi connectivity index (χ1) is 19.5. The molecule has 216 valence electrons. The van der Waals surface area contributed by atoms with E-state index in [4.69, 9.17) is 28.4 Å². The molecule has 1 aliphatic rings. The number of nitrogens with zero attached hydrogens (tertiary/aromatic N) is 2. The lowest BCUT2D eigenvalue weighted by Crippen LogP contribution is -3.00. The Bertz CT molecular complexity index is 1580. The molecule has 1 aromatic heterocycles. The highest BCUT2D eigenvalue weighted by Crippen LogP contribution is 2.44. The molecule has 0 radical (unpaired) electrons. The largest absolute Gasteiger partial charge is 1.00 e. The molecule has 0 bridgehead atoms. The number of ether oxygens (including phenoxy) is 6. The lowest BCUT2D eigenvalue weighted by molar-refractivity contribution is -0.662. The van der Waals surface area contributed by atoms with E-state index in [1.54, 1.807) is 47.7 Å². The zero-order valence-corrected chi connectivity index (χ0v) is 25.4. The van der Waals surface area contributed by atoms with E-state index < -0.39 is 0 Å². The lowest BCUT2D eigenvalue weighted by Gasteiger charge is -2.27. The van der Waals surface area contributed by atoms with E-state index in [1.807, 2.05) is 30.5 Å². The second kappa shape index (κ2) is 12.5. The van der Waals surface area contributed by atoms with Crippen LogP contribution in [0.3, 0.4) is 0 Å². The number of hydrogen-bond acceptors (Lipinski definition) is 8. The summed E-state index contributed by atoms with van der Waals surface area (Å²) in [6.07, 6.45) is 6.14. The third kappa shape index (κ3) is 5.39. The topological polar surface area (TPSA) is 82.7 Å². The molecule has 0 saturated carbocycles. The molecule has 3 aromatic carbocycles. The fourth-order valence-corrected chi connectivity index (χ4v) is 5.20. The van der Waals surface area contributed by atoms with Crippen LogP contribution in [0.5, 0.6) is 40.2 Å². The quantitative estimate of drug-likeness (QED) is 0.268. The number of phenolic OH excluding ortho intramolecular Hbond substituents is 1. The van der Waals surface area contributed by atoms with Gasteiger partial charge in [-0.3, -0.25) is 0 Å². The van der Waals surface area contributed by atoms with Crippen LogP contribution in [-0.4, -0.2) is 47.8 Å². The summed E-state index contributed by atoms with van der Waals surface area (Å²) >= 11 is 0. The molecule has 9 nitrogen and oxygen atoms in total. The van der Waals surface area contributed by atoms with Crippen molar-refractivity contribution < 1.29 is 55.1 Å². The number of benzene rings is 3. The van der Waals surface area contributed by atoms with Gasteiger partial charge in [0.15, 0.2) is 41.5 Å². The van der Waals surface area contributed by atoms with Gasteiger partial charge < -0.3 is 55.4 Å². The maximum Gasteiger partial charge on any atom is 0.261 e. The van der Waals surface area contributed by atoms with Gasteiger partial charge in [0.25, 0.3) is 5.52 Å². The molecular formula is C31H33BrN2O7. The van der Waals surface area contributed by atoms with Crippen LogP contribution in [0.1, 0.15) is 16.7 Å². The van der Waals surface area contributed by atoms with Crippen LogP contribution in [-0.2, 0) is 13.1 Å². The van der Waals surface area contributed by atoms with E-state index >= 15 is 0 Å². The van der Waals surface area contributed by atoms with Gasteiger partial charge in [0.05, 0.1) is 53.7 Å². The molecule has 10 heteroatoms. The molecule has 0 spiro atoms. The van der Waals surface area contributed by atoms with Crippen molar-refractivity contribution in [2.45, 2.75) is 13.1 Å². The Kier molecular flexibility index (Phi) is 9.02. The standard InChI is InChI=1S/C31H32N2O7.BrH/c1-35-24-8-7-19(13-23(24)34)17-33-12-10-22-28-21(16-27(38-4)31(40-6)29(28)33)9-11-32(22)18-20-14-25(36-2)30(39-5)26(15-20)37-3;/h7-16H,17-18H2,1-6H3;1H. The Morgan fingerprint density at radius 3 is 1.93 bits per heavy atom. The summed E-state index contributed by atoms with van der Waals surface area (Å²) in [5, 5.41) is 11.4. The Morgan fingerprint density at radius 2 is 1.34 bits per heavy atom. The third-order valence-corrected chi connectivity index (χ3v) is 7.05. The van der Waals surface area contributed by atoms with Crippen LogP contribution in [0.4, 0.5) is 5.69 Å². The van der Waals surface area contributed by atoms with Crippen molar-refractivity contribution in [3.63, 3.8) is 0 Å².